The molecule has 0 fully saturated rings. The highest BCUT2D eigenvalue weighted by Crippen LogP contribution is 2.24. The minimum Gasteiger partial charge on any atom is -0.492 e. The molecule has 0 aromatic heterocycles. The number of amides is 4. The SMILES string of the molecule is CCOC(=O)CC(CCN1C(=O)c2ccccc2C1=O)=NNc1ccc(OCCN2C(=O)c3ccccc3C2=O)cc1. The maximum Gasteiger partial charge on any atom is 0.311 e. The molecule has 0 radical (unpaired) electrons. The number of nitrogens with zero attached hydrogens (tertiary/aromatic N) is 3. The van der Waals surface area contributed by atoms with Gasteiger partial charge in [-0.1, -0.05) is 24.3 Å². The molecule has 11 heteroatoms. The third-order valence-corrected chi connectivity index (χ3v) is 6.82. The molecule has 0 spiro atoms. The lowest BCUT2D eigenvalue weighted by atomic mass is 10.1. The number of rotatable bonds is 12. The number of benzene rings is 3. The first-order valence-corrected chi connectivity index (χ1v) is 13.5. The molecule has 3 aromatic carbocycles. The Kier molecular flexibility index (Phi) is 8.37. The fourth-order valence-electron chi connectivity index (χ4n) is 4.71. The van der Waals surface area contributed by atoms with Crippen LogP contribution in [0.5, 0.6) is 5.75 Å². The maximum absolute atomic E-state index is 12.7. The Hall–Kier alpha value is -5.32. The van der Waals surface area contributed by atoms with Gasteiger partial charge in [-0.15, -0.1) is 0 Å². The normalized spacial score (nSPS) is 14.3. The Morgan fingerprint density at radius 3 is 1.74 bits per heavy atom. The van der Waals surface area contributed by atoms with Gasteiger partial charge >= 0.3 is 5.97 Å². The smallest absolute Gasteiger partial charge is 0.311 e. The lowest BCUT2D eigenvalue weighted by Crippen LogP contribution is -2.33. The van der Waals surface area contributed by atoms with E-state index in [1.807, 2.05) is 0 Å². The van der Waals surface area contributed by atoms with Crippen LogP contribution in [0.1, 0.15) is 61.2 Å². The number of anilines is 1. The van der Waals surface area contributed by atoms with E-state index in [0.717, 1.165) is 4.90 Å². The molecule has 0 atom stereocenters. The predicted octanol–water partition coefficient (Wildman–Crippen LogP) is 3.77. The number of hydrogen-bond donors (Lipinski definition) is 1. The summed E-state index contributed by atoms with van der Waals surface area (Å²) in [7, 11) is 0. The second-order valence-electron chi connectivity index (χ2n) is 9.51. The fraction of sp³-hybridized carbons (Fsp3) is 0.226. The highest BCUT2D eigenvalue weighted by Gasteiger charge is 2.35. The first kappa shape index (κ1) is 28.2. The van der Waals surface area contributed by atoms with E-state index < -0.39 is 5.97 Å². The molecule has 0 saturated heterocycles. The van der Waals surface area contributed by atoms with Crippen molar-refractivity contribution in [3.63, 3.8) is 0 Å². The predicted molar refractivity (Wildman–Crippen MR) is 152 cm³/mol. The average molecular weight is 569 g/mol. The van der Waals surface area contributed by atoms with Crippen molar-refractivity contribution in [1.29, 1.82) is 0 Å². The zero-order valence-corrected chi connectivity index (χ0v) is 22.9. The molecule has 1 N–H and O–H groups in total. The van der Waals surface area contributed by atoms with Gasteiger partial charge in [0.05, 0.1) is 53.2 Å². The van der Waals surface area contributed by atoms with E-state index in [1.54, 1.807) is 79.7 Å². The van der Waals surface area contributed by atoms with Crippen molar-refractivity contribution in [2.45, 2.75) is 19.8 Å². The summed E-state index contributed by atoms with van der Waals surface area (Å²) in [6.07, 6.45) is 0.0687. The number of ether oxygens (including phenoxy) is 2. The topological polar surface area (TPSA) is 135 Å². The van der Waals surface area contributed by atoms with Crippen LogP contribution in [0, 0.1) is 0 Å². The highest BCUT2D eigenvalue weighted by molar-refractivity contribution is 6.22. The van der Waals surface area contributed by atoms with E-state index in [2.05, 4.69) is 10.5 Å². The number of hydrazone groups is 1. The highest BCUT2D eigenvalue weighted by atomic mass is 16.5. The maximum atomic E-state index is 12.7. The van der Waals surface area contributed by atoms with Crippen LogP contribution in [0.3, 0.4) is 0 Å². The Morgan fingerprint density at radius 2 is 1.24 bits per heavy atom. The van der Waals surface area contributed by atoms with Crippen LogP contribution in [0.25, 0.3) is 0 Å². The van der Waals surface area contributed by atoms with Gasteiger partial charge in [-0.2, -0.15) is 5.10 Å². The summed E-state index contributed by atoms with van der Waals surface area (Å²) in [6, 6.07) is 20.2. The molecular weight excluding hydrogens is 540 g/mol. The Morgan fingerprint density at radius 1 is 0.738 bits per heavy atom. The van der Waals surface area contributed by atoms with Crippen LogP contribution >= 0.6 is 0 Å². The summed E-state index contributed by atoms with van der Waals surface area (Å²) in [5.41, 5.74) is 5.41. The van der Waals surface area contributed by atoms with E-state index in [9.17, 15) is 24.0 Å². The summed E-state index contributed by atoms with van der Waals surface area (Å²) < 4.78 is 10.8. The van der Waals surface area contributed by atoms with Crippen LogP contribution in [0.4, 0.5) is 5.69 Å². The van der Waals surface area contributed by atoms with Crippen LogP contribution in [0.15, 0.2) is 77.9 Å². The van der Waals surface area contributed by atoms with Gasteiger partial charge in [-0.3, -0.25) is 39.2 Å². The monoisotopic (exact) mass is 568 g/mol. The average Bonchev–Trinajstić information content (AvgIpc) is 3.39. The first-order valence-electron chi connectivity index (χ1n) is 13.5. The van der Waals surface area contributed by atoms with Crippen LogP contribution in [-0.4, -0.2) is 71.4 Å². The zero-order valence-electron chi connectivity index (χ0n) is 22.9. The van der Waals surface area contributed by atoms with Crippen molar-refractivity contribution in [1.82, 2.24) is 9.80 Å². The molecule has 11 nitrogen and oxygen atoms in total. The van der Waals surface area contributed by atoms with Crippen LogP contribution in [-0.2, 0) is 9.53 Å². The van der Waals surface area contributed by atoms with Gasteiger partial charge in [0.15, 0.2) is 0 Å². The van der Waals surface area contributed by atoms with Crippen molar-refractivity contribution in [3.8, 4) is 5.75 Å². The molecule has 3 aromatic rings. The van der Waals surface area contributed by atoms with Crippen molar-refractivity contribution in [2.75, 3.05) is 31.7 Å². The molecule has 2 aliphatic heterocycles. The Bertz CT molecular complexity index is 1510. The Labute approximate surface area is 241 Å². The van der Waals surface area contributed by atoms with E-state index in [4.69, 9.17) is 9.47 Å². The zero-order chi connectivity index (χ0) is 29.6. The van der Waals surface area contributed by atoms with Crippen molar-refractivity contribution in [3.05, 3.63) is 95.1 Å². The Balaban J connectivity index is 1.16. The van der Waals surface area contributed by atoms with E-state index in [1.165, 1.54) is 4.90 Å². The quantitative estimate of drug-likeness (QED) is 0.151. The number of carbonyl (C=O) groups is 5. The lowest BCUT2D eigenvalue weighted by molar-refractivity contribution is -0.141. The van der Waals surface area contributed by atoms with E-state index in [0.29, 0.717) is 39.4 Å². The van der Waals surface area contributed by atoms with Crippen molar-refractivity contribution >= 4 is 41.0 Å². The van der Waals surface area contributed by atoms with E-state index >= 15 is 0 Å². The number of carbonyl (C=O) groups excluding carboxylic acids is 5. The van der Waals surface area contributed by atoms with Crippen LogP contribution in [0.2, 0.25) is 0 Å². The standard InChI is InChI=1S/C31H28N4O7/c1-2-41-27(36)19-21(15-16-34-28(37)23-7-3-4-8-24(23)29(34)38)33-32-20-11-13-22(14-12-20)42-18-17-35-30(39)25-9-5-6-10-26(25)31(35)40/h3-14,32H,2,15-19H2,1H3. The first-order chi connectivity index (χ1) is 20.4. The molecule has 42 heavy (non-hydrogen) atoms. The van der Waals surface area contributed by atoms with Gasteiger partial charge in [0.1, 0.15) is 12.4 Å². The van der Waals surface area contributed by atoms with Gasteiger partial charge in [-0.05, 0) is 55.5 Å². The summed E-state index contributed by atoms with van der Waals surface area (Å²) in [5, 5.41) is 4.35. The summed E-state index contributed by atoms with van der Waals surface area (Å²) >= 11 is 0. The van der Waals surface area contributed by atoms with Gasteiger partial charge < -0.3 is 9.47 Å². The fourth-order valence-corrected chi connectivity index (χ4v) is 4.71. The van der Waals surface area contributed by atoms with E-state index in [-0.39, 0.29) is 62.8 Å². The number of hydrogen-bond acceptors (Lipinski definition) is 9. The number of fused-ring (bicyclic) bond motifs is 2. The molecular formula is C31H28N4O7. The molecule has 0 aliphatic carbocycles. The molecule has 0 bridgehead atoms. The number of imide groups is 2. The van der Waals surface area contributed by atoms with Crippen LogP contribution < -0.4 is 10.2 Å². The molecule has 2 heterocycles. The van der Waals surface area contributed by atoms with Gasteiger partial charge in [0, 0.05) is 13.0 Å². The summed E-state index contributed by atoms with van der Waals surface area (Å²) in [5.74, 6) is -1.37. The minimum absolute atomic E-state index is 0.0617. The van der Waals surface area contributed by atoms with Crippen molar-refractivity contribution < 1.29 is 33.4 Å². The van der Waals surface area contributed by atoms with Gasteiger partial charge in [0.2, 0.25) is 0 Å². The minimum atomic E-state index is -0.470. The molecule has 0 saturated carbocycles. The largest absolute Gasteiger partial charge is 0.492 e. The second-order valence-corrected chi connectivity index (χ2v) is 9.51. The summed E-state index contributed by atoms with van der Waals surface area (Å²) in [4.78, 5) is 64.9. The number of nitrogens with one attached hydrogen (secondary N) is 1. The lowest BCUT2D eigenvalue weighted by Gasteiger charge is -2.15. The summed E-state index contributed by atoms with van der Waals surface area (Å²) in [6.45, 7) is 2.21. The van der Waals surface area contributed by atoms with Gasteiger partial charge in [0.25, 0.3) is 23.6 Å². The second kappa shape index (κ2) is 12.5. The van der Waals surface area contributed by atoms with Crippen molar-refractivity contribution in [2.24, 2.45) is 5.10 Å². The third-order valence-electron chi connectivity index (χ3n) is 6.82. The third kappa shape index (κ3) is 5.90. The molecule has 4 amide bonds. The molecule has 0 unspecified atom stereocenters. The van der Waals surface area contributed by atoms with Gasteiger partial charge in [-0.25, -0.2) is 0 Å². The molecule has 214 valence electrons. The molecule has 5 rings (SSSR count). The molecule has 2 aliphatic rings. The number of esters is 1.